The summed E-state index contributed by atoms with van der Waals surface area (Å²) in [6, 6.07) is 13.2. The Morgan fingerprint density at radius 2 is 1.82 bits per heavy atom. The molecule has 1 atom stereocenters. The van der Waals surface area contributed by atoms with Crippen molar-refractivity contribution in [1.82, 2.24) is 0 Å². The molecule has 2 aromatic carbocycles. The molecule has 0 bridgehead atoms. The molecule has 17 heavy (non-hydrogen) atoms. The summed E-state index contributed by atoms with van der Waals surface area (Å²) in [5.74, 6) is 0.717. The standard InChI is InChI=1S/C16H19N/c1-16(2)10-14(16)13-9-8-11-6-4-5-7-12(11)15(13)17-3/h4-9,14,17H,10H2,1-3H3. The third kappa shape index (κ3) is 1.61. The average molecular weight is 225 g/mol. The van der Waals surface area contributed by atoms with Gasteiger partial charge in [0.25, 0.3) is 0 Å². The fourth-order valence-electron chi connectivity index (χ4n) is 2.86. The van der Waals surface area contributed by atoms with E-state index in [0.29, 0.717) is 5.41 Å². The number of fused-ring (bicyclic) bond motifs is 1. The van der Waals surface area contributed by atoms with Gasteiger partial charge < -0.3 is 5.32 Å². The molecule has 0 spiro atoms. The van der Waals surface area contributed by atoms with Crippen LogP contribution in [-0.2, 0) is 0 Å². The normalized spacial score (nSPS) is 21.5. The molecular weight excluding hydrogens is 206 g/mol. The molecular formula is C16H19N. The monoisotopic (exact) mass is 225 g/mol. The van der Waals surface area contributed by atoms with Crippen molar-refractivity contribution < 1.29 is 0 Å². The Labute approximate surface area is 103 Å². The van der Waals surface area contributed by atoms with Crippen LogP contribution in [0.5, 0.6) is 0 Å². The first-order valence-corrected chi connectivity index (χ1v) is 6.33. The summed E-state index contributed by atoms with van der Waals surface area (Å²) in [7, 11) is 2.03. The molecule has 3 rings (SSSR count). The smallest absolute Gasteiger partial charge is 0.0452 e. The topological polar surface area (TPSA) is 12.0 Å². The Morgan fingerprint density at radius 3 is 2.47 bits per heavy atom. The second-order valence-electron chi connectivity index (χ2n) is 5.75. The molecule has 88 valence electrons. The zero-order valence-corrected chi connectivity index (χ0v) is 10.7. The van der Waals surface area contributed by atoms with Crippen molar-refractivity contribution in [3.8, 4) is 0 Å². The first-order chi connectivity index (χ1) is 8.13. The number of hydrogen-bond acceptors (Lipinski definition) is 1. The van der Waals surface area contributed by atoms with Gasteiger partial charge in [0.1, 0.15) is 0 Å². The summed E-state index contributed by atoms with van der Waals surface area (Å²) in [6.07, 6.45) is 1.31. The highest BCUT2D eigenvalue weighted by atomic mass is 14.8. The third-order valence-corrected chi connectivity index (χ3v) is 4.10. The summed E-state index contributed by atoms with van der Waals surface area (Å²) < 4.78 is 0. The maximum absolute atomic E-state index is 3.40. The van der Waals surface area contributed by atoms with E-state index in [1.54, 1.807) is 0 Å². The predicted molar refractivity (Wildman–Crippen MR) is 74.6 cm³/mol. The van der Waals surface area contributed by atoms with Gasteiger partial charge in [-0.1, -0.05) is 50.2 Å². The molecule has 1 N–H and O–H groups in total. The Morgan fingerprint density at radius 1 is 1.12 bits per heavy atom. The lowest BCUT2D eigenvalue weighted by molar-refractivity contribution is 0.622. The maximum Gasteiger partial charge on any atom is 0.0452 e. The summed E-state index contributed by atoms with van der Waals surface area (Å²) in [5, 5.41) is 6.06. The van der Waals surface area contributed by atoms with Gasteiger partial charge in [0, 0.05) is 18.1 Å². The van der Waals surface area contributed by atoms with Crippen LogP contribution in [0, 0.1) is 5.41 Å². The molecule has 0 saturated heterocycles. The Balaban J connectivity index is 2.20. The summed E-state index contributed by atoms with van der Waals surface area (Å²) in [6.45, 7) is 4.71. The lowest BCUT2D eigenvalue weighted by Crippen LogP contribution is -1.98. The highest BCUT2D eigenvalue weighted by Gasteiger charge is 2.47. The summed E-state index contributed by atoms with van der Waals surface area (Å²) >= 11 is 0. The summed E-state index contributed by atoms with van der Waals surface area (Å²) in [5.41, 5.74) is 3.28. The zero-order chi connectivity index (χ0) is 12.0. The Bertz CT molecular complexity index is 569. The van der Waals surface area contributed by atoms with Crippen LogP contribution in [0.1, 0.15) is 31.7 Å². The first kappa shape index (κ1) is 10.6. The van der Waals surface area contributed by atoms with E-state index < -0.39 is 0 Å². The van der Waals surface area contributed by atoms with E-state index in [2.05, 4.69) is 55.6 Å². The molecule has 1 nitrogen and oxygen atoms in total. The second-order valence-corrected chi connectivity index (χ2v) is 5.75. The SMILES string of the molecule is CNc1c(C2CC2(C)C)ccc2ccccc12. The van der Waals surface area contributed by atoms with Crippen molar-refractivity contribution in [3.63, 3.8) is 0 Å². The summed E-state index contributed by atoms with van der Waals surface area (Å²) in [4.78, 5) is 0. The van der Waals surface area contributed by atoms with E-state index in [4.69, 9.17) is 0 Å². The number of rotatable bonds is 2. The van der Waals surface area contributed by atoms with Gasteiger partial charge in [-0.2, -0.15) is 0 Å². The molecule has 0 amide bonds. The van der Waals surface area contributed by atoms with Crippen molar-refractivity contribution in [2.45, 2.75) is 26.2 Å². The zero-order valence-electron chi connectivity index (χ0n) is 10.7. The minimum absolute atomic E-state index is 0.480. The number of anilines is 1. The van der Waals surface area contributed by atoms with Crippen LogP contribution in [0.25, 0.3) is 10.8 Å². The fourth-order valence-corrected chi connectivity index (χ4v) is 2.86. The Kier molecular flexibility index (Phi) is 2.19. The van der Waals surface area contributed by atoms with Crippen molar-refractivity contribution in [2.75, 3.05) is 12.4 Å². The number of nitrogens with one attached hydrogen (secondary N) is 1. The molecule has 2 aromatic rings. The van der Waals surface area contributed by atoms with E-state index >= 15 is 0 Å². The highest BCUT2D eigenvalue weighted by Crippen LogP contribution is 2.60. The van der Waals surface area contributed by atoms with Crippen molar-refractivity contribution >= 4 is 16.5 Å². The minimum atomic E-state index is 0.480. The van der Waals surface area contributed by atoms with Gasteiger partial charge in [-0.3, -0.25) is 0 Å². The average Bonchev–Trinajstić information content (AvgIpc) is 2.96. The molecule has 0 heterocycles. The maximum atomic E-state index is 3.40. The molecule has 0 radical (unpaired) electrons. The number of hydrogen-bond donors (Lipinski definition) is 1. The number of benzene rings is 2. The van der Waals surface area contributed by atoms with Gasteiger partial charge in [-0.25, -0.2) is 0 Å². The lowest BCUT2D eigenvalue weighted by Gasteiger charge is -2.14. The van der Waals surface area contributed by atoms with Gasteiger partial charge in [-0.15, -0.1) is 0 Å². The van der Waals surface area contributed by atoms with Crippen molar-refractivity contribution in [3.05, 3.63) is 42.0 Å². The third-order valence-electron chi connectivity index (χ3n) is 4.10. The molecule has 1 saturated carbocycles. The van der Waals surface area contributed by atoms with Crippen molar-refractivity contribution in [2.24, 2.45) is 5.41 Å². The van der Waals surface area contributed by atoms with E-state index in [1.165, 1.54) is 28.4 Å². The van der Waals surface area contributed by atoms with Gasteiger partial charge in [-0.05, 0) is 28.7 Å². The molecule has 1 aliphatic rings. The van der Waals surface area contributed by atoms with Crippen LogP contribution in [0.15, 0.2) is 36.4 Å². The van der Waals surface area contributed by atoms with Crippen LogP contribution in [0.2, 0.25) is 0 Å². The molecule has 1 aliphatic carbocycles. The van der Waals surface area contributed by atoms with Gasteiger partial charge in [0.15, 0.2) is 0 Å². The van der Waals surface area contributed by atoms with Gasteiger partial charge >= 0.3 is 0 Å². The van der Waals surface area contributed by atoms with Crippen molar-refractivity contribution in [1.29, 1.82) is 0 Å². The molecule has 1 unspecified atom stereocenters. The lowest BCUT2D eigenvalue weighted by atomic mass is 9.97. The fraction of sp³-hybridized carbons (Fsp3) is 0.375. The van der Waals surface area contributed by atoms with Crippen LogP contribution in [0.4, 0.5) is 5.69 Å². The quantitative estimate of drug-likeness (QED) is 0.799. The van der Waals surface area contributed by atoms with E-state index in [-0.39, 0.29) is 0 Å². The predicted octanol–water partition coefficient (Wildman–Crippen LogP) is 4.40. The van der Waals surface area contributed by atoms with E-state index in [9.17, 15) is 0 Å². The molecule has 1 fully saturated rings. The van der Waals surface area contributed by atoms with Crippen LogP contribution in [-0.4, -0.2) is 7.05 Å². The van der Waals surface area contributed by atoms with Gasteiger partial charge in [0.05, 0.1) is 0 Å². The molecule has 1 heteroatoms. The van der Waals surface area contributed by atoms with Crippen LogP contribution < -0.4 is 5.32 Å². The highest BCUT2D eigenvalue weighted by molar-refractivity contribution is 5.95. The van der Waals surface area contributed by atoms with Crippen LogP contribution >= 0.6 is 0 Å². The Hall–Kier alpha value is -1.50. The van der Waals surface area contributed by atoms with E-state index in [1.807, 2.05) is 7.05 Å². The second kappa shape index (κ2) is 3.49. The van der Waals surface area contributed by atoms with Crippen LogP contribution in [0.3, 0.4) is 0 Å². The van der Waals surface area contributed by atoms with E-state index in [0.717, 1.165) is 5.92 Å². The molecule has 0 aromatic heterocycles. The first-order valence-electron chi connectivity index (χ1n) is 6.33. The largest absolute Gasteiger partial charge is 0.387 e. The minimum Gasteiger partial charge on any atom is -0.387 e. The molecule has 0 aliphatic heterocycles. The van der Waals surface area contributed by atoms with Gasteiger partial charge in [0.2, 0.25) is 0 Å².